The molecule has 0 saturated carbocycles. The first-order valence-electron chi connectivity index (χ1n) is 22.2. The summed E-state index contributed by atoms with van der Waals surface area (Å²) in [5.74, 6) is -0.398. The first kappa shape index (κ1) is 55.0. The van der Waals surface area contributed by atoms with Gasteiger partial charge >= 0.3 is 17.9 Å². The highest BCUT2D eigenvalue weighted by Gasteiger charge is 2.07. The van der Waals surface area contributed by atoms with Crippen LogP contribution in [0.4, 0.5) is 0 Å². The minimum atomic E-state index is -0.310. The maximum Gasteiger partial charge on any atom is 0.330 e. The molecule has 53 heavy (non-hydrogen) atoms. The lowest BCUT2D eigenvalue weighted by Crippen LogP contribution is -2.12. The van der Waals surface area contributed by atoms with E-state index in [1.807, 2.05) is 0 Å². The molecule has 0 aliphatic carbocycles. The van der Waals surface area contributed by atoms with Gasteiger partial charge in [-0.1, -0.05) is 221 Å². The SMILES string of the molecule is C=CC(=O)OCC(CC)CCCC.C=CC(=O)OCCCCCCCCCCCC.C=CC(=O)OCCCCCCCCCCCCCCCCCC. The van der Waals surface area contributed by atoms with Gasteiger partial charge in [-0.25, -0.2) is 14.4 Å². The summed E-state index contributed by atoms with van der Waals surface area (Å²) in [6, 6.07) is 0. The second kappa shape index (κ2) is 49.6. The monoisotopic (exact) mass is 749 g/mol. The standard InChI is InChI=1S/C21H40O2.C15H28O2.C11H20O2/c1-3-5-6-7-8-9-10-11-12-13-14-15-16-17-18-19-20-23-21(22)4-2;1-3-5-6-7-8-9-10-11-12-13-14-17-15(16)4-2;1-4-7-8-10(5-2)9-13-11(12)6-3/h4H,2-3,5-20H2,1H3;4H,2-3,5-14H2,1H3;6,10H,3-5,7-9H2,1-2H3. The fraction of sp³-hybridized carbons (Fsp3) is 0.809. The van der Waals surface area contributed by atoms with Gasteiger partial charge in [-0.05, 0) is 25.2 Å². The first-order chi connectivity index (χ1) is 25.9. The number of carbonyl (C=O) groups excluding carboxylic acids is 3. The van der Waals surface area contributed by atoms with Gasteiger partial charge in [-0.2, -0.15) is 0 Å². The van der Waals surface area contributed by atoms with E-state index >= 15 is 0 Å². The third-order valence-electron chi connectivity index (χ3n) is 9.49. The van der Waals surface area contributed by atoms with Crippen LogP contribution in [0.1, 0.15) is 220 Å². The van der Waals surface area contributed by atoms with Gasteiger partial charge in [0.15, 0.2) is 0 Å². The fourth-order valence-corrected chi connectivity index (χ4v) is 5.86. The topological polar surface area (TPSA) is 78.9 Å². The highest BCUT2D eigenvalue weighted by Crippen LogP contribution is 2.15. The van der Waals surface area contributed by atoms with E-state index in [2.05, 4.69) is 47.4 Å². The van der Waals surface area contributed by atoms with E-state index in [1.54, 1.807) is 0 Å². The summed E-state index contributed by atoms with van der Waals surface area (Å²) in [5, 5.41) is 0. The molecule has 1 atom stereocenters. The number of unbranched alkanes of at least 4 members (excludes halogenated alkanes) is 25. The summed E-state index contributed by atoms with van der Waals surface area (Å²) in [6.07, 6.45) is 43.0. The van der Waals surface area contributed by atoms with Crippen LogP contribution in [0.15, 0.2) is 38.0 Å². The molecular weight excluding hydrogens is 661 g/mol. The van der Waals surface area contributed by atoms with Crippen LogP contribution < -0.4 is 0 Å². The molecule has 0 aromatic carbocycles. The smallest absolute Gasteiger partial charge is 0.330 e. The Bertz CT molecular complexity index is 807. The van der Waals surface area contributed by atoms with Crippen molar-refractivity contribution < 1.29 is 28.6 Å². The summed E-state index contributed by atoms with van der Waals surface area (Å²) < 4.78 is 14.8. The molecule has 0 aliphatic heterocycles. The van der Waals surface area contributed by atoms with E-state index in [0.29, 0.717) is 25.7 Å². The number of carbonyl (C=O) groups is 3. The average Bonchev–Trinajstić information content (AvgIpc) is 3.18. The number of hydrogen-bond acceptors (Lipinski definition) is 6. The molecule has 0 fully saturated rings. The molecule has 0 rings (SSSR count). The molecule has 0 aromatic rings. The Hall–Kier alpha value is -2.37. The quantitative estimate of drug-likeness (QED) is 0.0272. The van der Waals surface area contributed by atoms with Gasteiger partial charge in [-0.15, -0.1) is 0 Å². The van der Waals surface area contributed by atoms with E-state index in [1.165, 1.54) is 185 Å². The van der Waals surface area contributed by atoms with E-state index < -0.39 is 0 Å². The van der Waals surface area contributed by atoms with Crippen molar-refractivity contribution in [1.29, 1.82) is 0 Å². The van der Waals surface area contributed by atoms with Crippen LogP contribution in [-0.2, 0) is 28.6 Å². The molecule has 0 aromatic heterocycles. The van der Waals surface area contributed by atoms with Crippen LogP contribution in [0.5, 0.6) is 0 Å². The molecule has 6 nitrogen and oxygen atoms in total. The minimum Gasteiger partial charge on any atom is -0.463 e. The summed E-state index contributed by atoms with van der Waals surface area (Å²) in [7, 11) is 0. The van der Waals surface area contributed by atoms with Gasteiger partial charge in [0.05, 0.1) is 19.8 Å². The highest BCUT2D eigenvalue weighted by molar-refractivity contribution is 5.81. The lowest BCUT2D eigenvalue weighted by molar-refractivity contribution is -0.139. The first-order valence-corrected chi connectivity index (χ1v) is 22.2. The van der Waals surface area contributed by atoms with Crippen LogP contribution in [0.25, 0.3) is 0 Å². The molecular formula is C47H88O6. The second-order valence-electron chi connectivity index (χ2n) is 14.5. The molecule has 0 saturated heterocycles. The van der Waals surface area contributed by atoms with Gasteiger partial charge < -0.3 is 14.2 Å². The van der Waals surface area contributed by atoms with Gasteiger partial charge in [0.25, 0.3) is 0 Å². The Kier molecular flexibility index (Phi) is 51.5. The molecule has 0 spiro atoms. The lowest BCUT2D eigenvalue weighted by Gasteiger charge is -2.13. The van der Waals surface area contributed by atoms with E-state index in [4.69, 9.17) is 14.2 Å². The Morgan fingerprint density at radius 1 is 0.396 bits per heavy atom. The Balaban J connectivity index is -0.000000739. The van der Waals surface area contributed by atoms with Crippen LogP contribution in [0.2, 0.25) is 0 Å². The largest absolute Gasteiger partial charge is 0.463 e. The maximum atomic E-state index is 10.8. The molecule has 1 unspecified atom stereocenters. The molecule has 0 heterocycles. The highest BCUT2D eigenvalue weighted by atomic mass is 16.5. The van der Waals surface area contributed by atoms with E-state index in [-0.39, 0.29) is 17.9 Å². The molecule has 0 radical (unpaired) electrons. The van der Waals surface area contributed by atoms with Gasteiger partial charge in [0.2, 0.25) is 0 Å². The molecule has 0 bridgehead atoms. The summed E-state index contributed by atoms with van der Waals surface area (Å²) in [5.41, 5.74) is 0. The third kappa shape index (κ3) is 51.8. The van der Waals surface area contributed by atoms with Gasteiger partial charge in [-0.3, -0.25) is 0 Å². The summed E-state index contributed by atoms with van der Waals surface area (Å²) >= 11 is 0. The predicted octanol–water partition coefficient (Wildman–Crippen LogP) is 14.5. The zero-order valence-electron chi connectivity index (χ0n) is 35.7. The predicted molar refractivity (Wildman–Crippen MR) is 228 cm³/mol. The van der Waals surface area contributed by atoms with Crippen LogP contribution in [-0.4, -0.2) is 37.7 Å². The minimum absolute atomic E-state index is 0.300. The van der Waals surface area contributed by atoms with Crippen molar-refractivity contribution in [3.63, 3.8) is 0 Å². The van der Waals surface area contributed by atoms with Crippen molar-refractivity contribution in [2.24, 2.45) is 5.92 Å². The van der Waals surface area contributed by atoms with E-state index in [9.17, 15) is 14.4 Å². The maximum absolute atomic E-state index is 10.8. The third-order valence-corrected chi connectivity index (χ3v) is 9.49. The number of esters is 3. The van der Waals surface area contributed by atoms with Crippen molar-refractivity contribution in [1.82, 2.24) is 0 Å². The lowest BCUT2D eigenvalue weighted by atomic mass is 10.0. The Morgan fingerprint density at radius 2 is 0.660 bits per heavy atom. The average molecular weight is 749 g/mol. The molecule has 0 N–H and O–H groups in total. The summed E-state index contributed by atoms with van der Waals surface area (Å²) in [6.45, 7) is 20.5. The van der Waals surface area contributed by atoms with Crippen molar-refractivity contribution in [2.45, 2.75) is 220 Å². The van der Waals surface area contributed by atoms with Gasteiger partial charge in [0.1, 0.15) is 0 Å². The van der Waals surface area contributed by atoms with Crippen molar-refractivity contribution in [2.75, 3.05) is 19.8 Å². The number of rotatable bonds is 37. The zero-order valence-corrected chi connectivity index (χ0v) is 35.7. The summed E-state index contributed by atoms with van der Waals surface area (Å²) in [4.78, 5) is 32.3. The molecule has 312 valence electrons. The van der Waals surface area contributed by atoms with Crippen molar-refractivity contribution >= 4 is 17.9 Å². The van der Waals surface area contributed by atoms with Crippen molar-refractivity contribution in [3.8, 4) is 0 Å². The Labute approximate surface area is 329 Å². The zero-order chi connectivity index (χ0) is 39.9. The fourth-order valence-electron chi connectivity index (χ4n) is 5.86. The second-order valence-corrected chi connectivity index (χ2v) is 14.5. The Morgan fingerprint density at radius 3 is 0.925 bits per heavy atom. The van der Waals surface area contributed by atoms with Crippen molar-refractivity contribution in [3.05, 3.63) is 38.0 Å². The van der Waals surface area contributed by atoms with Crippen LogP contribution >= 0.6 is 0 Å². The van der Waals surface area contributed by atoms with E-state index in [0.717, 1.165) is 25.7 Å². The molecule has 6 heteroatoms. The van der Waals surface area contributed by atoms with Crippen LogP contribution in [0, 0.1) is 5.92 Å². The van der Waals surface area contributed by atoms with Crippen LogP contribution in [0.3, 0.4) is 0 Å². The number of ether oxygens (including phenoxy) is 3. The number of hydrogen-bond donors (Lipinski definition) is 0. The normalized spacial score (nSPS) is 10.9. The van der Waals surface area contributed by atoms with Gasteiger partial charge in [0, 0.05) is 18.2 Å². The molecule has 0 amide bonds. The molecule has 0 aliphatic rings.